The molecule has 0 aliphatic carbocycles. The molecule has 5 nitrogen and oxygen atoms in total. The molecule has 182 valence electrons. The van der Waals surface area contributed by atoms with Crippen molar-refractivity contribution in [3.8, 4) is 11.5 Å². The Morgan fingerprint density at radius 3 is 1.32 bits per heavy atom. The highest BCUT2D eigenvalue weighted by molar-refractivity contribution is 5.84. The van der Waals surface area contributed by atoms with Crippen LogP contribution in [0.25, 0.3) is 12.2 Å². The molecule has 0 N–H and O–H groups in total. The second-order valence-electron chi connectivity index (χ2n) is 7.91. The van der Waals surface area contributed by atoms with Crippen LogP contribution >= 0.6 is 0 Å². The molecule has 4 aromatic rings. The Morgan fingerprint density at radius 2 is 0.919 bits per heavy atom. The van der Waals surface area contributed by atoms with Gasteiger partial charge in [0.1, 0.15) is 11.5 Å². The summed E-state index contributed by atoms with van der Waals surface area (Å²) < 4.78 is 10.4. The molecule has 0 saturated heterocycles. The fraction of sp³-hybridized carbons (Fsp3) is 0. The highest BCUT2D eigenvalue weighted by Crippen LogP contribution is 2.36. The van der Waals surface area contributed by atoms with Crippen molar-refractivity contribution < 1.29 is 19.1 Å². The molecule has 0 atom stereocenters. The molecule has 5 heteroatoms. The SMILES string of the molecule is C=CC(=O)Oc1ccc(N(c2ccc(C=Cc3ccccc3)cc2)c2ccc(OC(=O)C=C)cc2)cc1. The Morgan fingerprint density at radius 1 is 0.541 bits per heavy atom. The Bertz CT molecular complexity index is 1340. The van der Waals surface area contributed by atoms with E-state index in [1.165, 1.54) is 0 Å². The molecule has 0 fully saturated rings. The van der Waals surface area contributed by atoms with Crippen LogP contribution in [0, 0.1) is 0 Å². The molecule has 37 heavy (non-hydrogen) atoms. The van der Waals surface area contributed by atoms with Crippen LogP contribution in [0.2, 0.25) is 0 Å². The minimum Gasteiger partial charge on any atom is -0.423 e. The molecule has 0 aliphatic rings. The summed E-state index contributed by atoms with van der Waals surface area (Å²) in [5.74, 6) is -0.204. The average Bonchev–Trinajstić information content (AvgIpc) is 2.95. The van der Waals surface area contributed by atoms with Gasteiger partial charge in [0.05, 0.1) is 0 Å². The van der Waals surface area contributed by atoms with Crippen LogP contribution in [0.4, 0.5) is 17.1 Å². The maximum atomic E-state index is 11.6. The van der Waals surface area contributed by atoms with E-state index in [4.69, 9.17) is 9.47 Å². The van der Waals surface area contributed by atoms with Gasteiger partial charge in [-0.2, -0.15) is 0 Å². The summed E-state index contributed by atoms with van der Waals surface area (Å²) in [5.41, 5.74) is 4.81. The Balaban J connectivity index is 1.64. The molecule has 0 amide bonds. The van der Waals surface area contributed by atoms with Gasteiger partial charge in [-0.1, -0.05) is 67.8 Å². The second kappa shape index (κ2) is 12.0. The van der Waals surface area contributed by atoms with Crippen molar-refractivity contribution in [1.82, 2.24) is 0 Å². The third kappa shape index (κ3) is 6.71. The minimum atomic E-state index is -0.520. The van der Waals surface area contributed by atoms with E-state index < -0.39 is 11.9 Å². The second-order valence-corrected chi connectivity index (χ2v) is 7.91. The zero-order valence-electron chi connectivity index (χ0n) is 20.1. The first kappa shape index (κ1) is 24.9. The van der Waals surface area contributed by atoms with Crippen LogP contribution in [0.5, 0.6) is 11.5 Å². The monoisotopic (exact) mass is 487 g/mol. The van der Waals surface area contributed by atoms with Crippen molar-refractivity contribution in [2.24, 2.45) is 0 Å². The number of hydrogen-bond donors (Lipinski definition) is 0. The molecule has 4 rings (SSSR count). The average molecular weight is 488 g/mol. The van der Waals surface area contributed by atoms with Gasteiger partial charge >= 0.3 is 11.9 Å². The van der Waals surface area contributed by atoms with E-state index in [2.05, 4.69) is 37.4 Å². The third-order valence-corrected chi connectivity index (χ3v) is 5.38. The van der Waals surface area contributed by atoms with Gasteiger partial charge in [-0.05, 0) is 71.8 Å². The van der Waals surface area contributed by atoms with Gasteiger partial charge < -0.3 is 14.4 Å². The van der Waals surface area contributed by atoms with Gasteiger partial charge in [-0.15, -0.1) is 0 Å². The van der Waals surface area contributed by atoms with Gasteiger partial charge in [-0.3, -0.25) is 0 Å². The summed E-state index contributed by atoms with van der Waals surface area (Å²) in [6.07, 6.45) is 6.37. The number of esters is 2. The number of anilines is 3. The largest absolute Gasteiger partial charge is 0.423 e. The van der Waals surface area contributed by atoms with E-state index in [1.807, 2.05) is 71.6 Å². The summed E-state index contributed by atoms with van der Waals surface area (Å²) in [6.45, 7) is 6.85. The molecule has 0 aliphatic heterocycles. The molecule has 0 radical (unpaired) electrons. The Kier molecular flexibility index (Phi) is 8.09. The number of nitrogens with zero attached hydrogens (tertiary/aromatic N) is 1. The minimum absolute atomic E-state index is 0.418. The molecular formula is C32H25NO4. The molecule has 4 aromatic carbocycles. The lowest BCUT2D eigenvalue weighted by atomic mass is 10.1. The van der Waals surface area contributed by atoms with Crippen molar-refractivity contribution in [3.05, 3.63) is 140 Å². The first-order valence-electron chi connectivity index (χ1n) is 11.6. The number of rotatable bonds is 9. The standard InChI is InChI=1S/C32H25NO4/c1-3-31(34)36-29-20-16-27(17-21-29)33(28-18-22-30(23-19-28)37-32(35)4-2)26-14-12-25(13-15-26)11-10-24-8-6-5-7-9-24/h3-23H,1-2H2. The lowest BCUT2D eigenvalue weighted by Crippen LogP contribution is -2.10. The van der Waals surface area contributed by atoms with Crippen LogP contribution in [0.3, 0.4) is 0 Å². The van der Waals surface area contributed by atoms with E-state index in [0.29, 0.717) is 11.5 Å². The third-order valence-electron chi connectivity index (χ3n) is 5.38. The topological polar surface area (TPSA) is 55.8 Å². The first-order chi connectivity index (χ1) is 18.1. The smallest absolute Gasteiger partial charge is 0.335 e. The molecule has 0 bridgehead atoms. The lowest BCUT2D eigenvalue weighted by Gasteiger charge is -2.26. The molecule has 0 spiro atoms. The van der Waals surface area contributed by atoms with Gasteiger partial charge in [0.15, 0.2) is 0 Å². The van der Waals surface area contributed by atoms with Gasteiger partial charge in [0.2, 0.25) is 0 Å². The van der Waals surface area contributed by atoms with Gasteiger partial charge in [-0.25, -0.2) is 9.59 Å². The van der Waals surface area contributed by atoms with E-state index in [0.717, 1.165) is 40.3 Å². The fourth-order valence-corrected chi connectivity index (χ4v) is 3.58. The number of carbonyl (C=O) groups is 2. The van der Waals surface area contributed by atoms with Crippen LogP contribution < -0.4 is 14.4 Å². The zero-order chi connectivity index (χ0) is 26.0. The Labute approximate surface area is 216 Å². The maximum Gasteiger partial charge on any atom is 0.335 e. The summed E-state index contributed by atoms with van der Waals surface area (Å²) in [5, 5.41) is 0. The van der Waals surface area contributed by atoms with Crippen molar-refractivity contribution in [2.45, 2.75) is 0 Å². The van der Waals surface area contributed by atoms with E-state index in [9.17, 15) is 9.59 Å². The highest BCUT2D eigenvalue weighted by atomic mass is 16.5. The van der Waals surface area contributed by atoms with Crippen LogP contribution in [-0.4, -0.2) is 11.9 Å². The summed E-state index contributed by atoms with van der Waals surface area (Å²) in [7, 11) is 0. The van der Waals surface area contributed by atoms with E-state index in [-0.39, 0.29) is 0 Å². The number of benzene rings is 4. The molecule has 0 unspecified atom stereocenters. The highest BCUT2D eigenvalue weighted by Gasteiger charge is 2.14. The normalized spacial score (nSPS) is 10.5. The lowest BCUT2D eigenvalue weighted by molar-refractivity contribution is -0.129. The summed E-state index contributed by atoms with van der Waals surface area (Å²) in [6, 6.07) is 32.6. The van der Waals surface area contributed by atoms with E-state index >= 15 is 0 Å². The number of carbonyl (C=O) groups excluding carboxylic acids is 2. The number of hydrogen-bond acceptors (Lipinski definition) is 5. The number of ether oxygens (including phenoxy) is 2. The van der Waals surface area contributed by atoms with Crippen molar-refractivity contribution in [3.63, 3.8) is 0 Å². The molecule has 0 saturated carbocycles. The van der Waals surface area contributed by atoms with Gasteiger partial charge in [0, 0.05) is 29.2 Å². The van der Waals surface area contributed by atoms with Gasteiger partial charge in [0.25, 0.3) is 0 Å². The predicted molar refractivity (Wildman–Crippen MR) is 148 cm³/mol. The molecule has 0 heterocycles. The molecule has 0 aromatic heterocycles. The van der Waals surface area contributed by atoms with Crippen molar-refractivity contribution in [2.75, 3.05) is 4.90 Å². The van der Waals surface area contributed by atoms with Crippen molar-refractivity contribution in [1.29, 1.82) is 0 Å². The van der Waals surface area contributed by atoms with Crippen LogP contribution in [0.1, 0.15) is 11.1 Å². The molecular weight excluding hydrogens is 462 g/mol. The van der Waals surface area contributed by atoms with Crippen LogP contribution in [0.15, 0.2) is 128 Å². The first-order valence-corrected chi connectivity index (χ1v) is 11.6. The van der Waals surface area contributed by atoms with Crippen LogP contribution in [-0.2, 0) is 9.59 Å². The quantitative estimate of drug-likeness (QED) is 0.106. The van der Waals surface area contributed by atoms with E-state index in [1.54, 1.807) is 24.3 Å². The van der Waals surface area contributed by atoms with Crippen molar-refractivity contribution >= 4 is 41.2 Å². The zero-order valence-corrected chi connectivity index (χ0v) is 20.1. The maximum absolute atomic E-state index is 11.6. The predicted octanol–water partition coefficient (Wildman–Crippen LogP) is 7.51. The summed E-state index contributed by atoms with van der Waals surface area (Å²) >= 11 is 0. The fourth-order valence-electron chi connectivity index (χ4n) is 3.58. The Hall–Kier alpha value is -5.16. The summed E-state index contributed by atoms with van der Waals surface area (Å²) in [4.78, 5) is 25.1.